The van der Waals surface area contributed by atoms with E-state index in [1.807, 2.05) is 26.0 Å². The van der Waals surface area contributed by atoms with E-state index >= 15 is 0 Å². The van der Waals surface area contributed by atoms with Crippen LogP contribution >= 0.6 is 11.6 Å². The van der Waals surface area contributed by atoms with Gasteiger partial charge in [-0.3, -0.25) is 0 Å². The standard InChI is InChI=1S/C14H12ClN3/c1-9(2)14-17-12(7-13(15)18-14)11-5-3-4-10(6-11)8-16/h3-7,9H,1-2H3. The minimum Gasteiger partial charge on any atom is -0.233 e. The maximum Gasteiger partial charge on any atom is 0.133 e. The van der Waals surface area contributed by atoms with Gasteiger partial charge in [0.25, 0.3) is 0 Å². The summed E-state index contributed by atoms with van der Waals surface area (Å²) in [4.78, 5) is 8.66. The third-order valence-electron chi connectivity index (χ3n) is 2.52. The molecule has 0 fully saturated rings. The van der Waals surface area contributed by atoms with Gasteiger partial charge in [0.2, 0.25) is 0 Å². The molecular weight excluding hydrogens is 246 g/mol. The topological polar surface area (TPSA) is 49.6 Å². The molecule has 0 aliphatic rings. The monoisotopic (exact) mass is 257 g/mol. The Hall–Kier alpha value is -1.92. The van der Waals surface area contributed by atoms with E-state index < -0.39 is 0 Å². The number of hydrogen-bond donors (Lipinski definition) is 0. The van der Waals surface area contributed by atoms with Gasteiger partial charge in [0.15, 0.2) is 0 Å². The van der Waals surface area contributed by atoms with Gasteiger partial charge >= 0.3 is 0 Å². The van der Waals surface area contributed by atoms with Crippen molar-refractivity contribution in [1.82, 2.24) is 9.97 Å². The molecule has 0 saturated carbocycles. The van der Waals surface area contributed by atoms with Crippen LogP contribution in [0, 0.1) is 11.3 Å². The highest BCUT2D eigenvalue weighted by molar-refractivity contribution is 6.29. The highest BCUT2D eigenvalue weighted by Crippen LogP contribution is 2.23. The molecule has 4 heteroatoms. The lowest BCUT2D eigenvalue weighted by molar-refractivity contribution is 0.776. The average Bonchev–Trinajstić information content (AvgIpc) is 2.38. The van der Waals surface area contributed by atoms with Gasteiger partial charge in [-0.05, 0) is 12.1 Å². The van der Waals surface area contributed by atoms with Crippen molar-refractivity contribution in [3.05, 3.63) is 46.9 Å². The van der Waals surface area contributed by atoms with Gasteiger partial charge in [0, 0.05) is 17.5 Å². The summed E-state index contributed by atoms with van der Waals surface area (Å²) in [5.41, 5.74) is 2.23. The fraction of sp³-hybridized carbons (Fsp3) is 0.214. The molecule has 2 aromatic rings. The number of halogens is 1. The smallest absolute Gasteiger partial charge is 0.133 e. The summed E-state index contributed by atoms with van der Waals surface area (Å²) in [5, 5.41) is 9.32. The van der Waals surface area contributed by atoms with Crippen LogP contribution in [0.25, 0.3) is 11.3 Å². The fourth-order valence-corrected chi connectivity index (χ4v) is 1.78. The van der Waals surface area contributed by atoms with Crippen molar-refractivity contribution >= 4 is 11.6 Å². The highest BCUT2D eigenvalue weighted by Gasteiger charge is 2.08. The third kappa shape index (κ3) is 2.66. The Morgan fingerprint density at radius 3 is 2.67 bits per heavy atom. The lowest BCUT2D eigenvalue weighted by atomic mass is 10.1. The zero-order chi connectivity index (χ0) is 13.1. The van der Waals surface area contributed by atoms with Gasteiger partial charge in [-0.1, -0.05) is 37.6 Å². The van der Waals surface area contributed by atoms with Crippen LogP contribution in [0.1, 0.15) is 31.2 Å². The van der Waals surface area contributed by atoms with E-state index in [1.165, 1.54) is 0 Å². The van der Waals surface area contributed by atoms with E-state index in [1.54, 1.807) is 18.2 Å². The van der Waals surface area contributed by atoms with Crippen LogP contribution in [0.2, 0.25) is 5.15 Å². The maximum absolute atomic E-state index is 8.90. The van der Waals surface area contributed by atoms with E-state index in [0.717, 1.165) is 11.3 Å². The first-order chi connectivity index (χ1) is 8.60. The molecule has 0 spiro atoms. The van der Waals surface area contributed by atoms with Crippen molar-refractivity contribution in [3.63, 3.8) is 0 Å². The molecule has 18 heavy (non-hydrogen) atoms. The number of aromatic nitrogens is 2. The molecule has 1 aromatic heterocycles. The maximum atomic E-state index is 8.90. The fourth-order valence-electron chi connectivity index (χ4n) is 1.59. The summed E-state index contributed by atoms with van der Waals surface area (Å²) in [7, 11) is 0. The number of nitriles is 1. The second-order valence-corrected chi connectivity index (χ2v) is 4.67. The first-order valence-corrected chi connectivity index (χ1v) is 6.03. The molecule has 1 aromatic carbocycles. The van der Waals surface area contributed by atoms with Crippen molar-refractivity contribution in [2.75, 3.05) is 0 Å². The molecule has 0 radical (unpaired) electrons. The molecule has 3 nitrogen and oxygen atoms in total. The summed E-state index contributed by atoms with van der Waals surface area (Å²) in [6.45, 7) is 4.03. The summed E-state index contributed by atoms with van der Waals surface area (Å²) >= 11 is 6.00. The van der Waals surface area contributed by atoms with Crippen LogP contribution < -0.4 is 0 Å². The van der Waals surface area contributed by atoms with E-state index in [9.17, 15) is 0 Å². The molecule has 0 unspecified atom stereocenters. The van der Waals surface area contributed by atoms with Crippen molar-refractivity contribution in [2.24, 2.45) is 0 Å². The summed E-state index contributed by atoms with van der Waals surface area (Å²) in [5.74, 6) is 0.918. The second-order valence-electron chi connectivity index (χ2n) is 4.28. The van der Waals surface area contributed by atoms with Gasteiger partial charge in [-0.25, -0.2) is 9.97 Å². The molecule has 90 valence electrons. The van der Waals surface area contributed by atoms with Gasteiger partial charge in [-0.15, -0.1) is 0 Å². The number of benzene rings is 1. The molecule has 0 N–H and O–H groups in total. The van der Waals surface area contributed by atoms with Gasteiger partial charge < -0.3 is 0 Å². The average molecular weight is 258 g/mol. The van der Waals surface area contributed by atoms with Crippen LogP contribution in [0.5, 0.6) is 0 Å². The van der Waals surface area contributed by atoms with Crippen molar-refractivity contribution in [2.45, 2.75) is 19.8 Å². The van der Waals surface area contributed by atoms with Gasteiger partial charge in [0.1, 0.15) is 11.0 Å². The van der Waals surface area contributed by atoms with Crippen molar-refractivity contribution < 1.29 is 0 Å². The van der Waals surface area contributed by atoms with Crippen LogP contribution in [-0.4, -0.2) is 9.97 Å². The summed E-state index contributed by atoms with van der Waals surface area (Å²) in [6, 6.07) is 11.1. The SMILES string of the molecule is CC(C)c1nc(Cl)cc(-c2cccc(C#N)c2)n1. The lowest BCUT2D eigenvalue weighted by Gasteiger charge is -2.07. The molecule has 0 amide bonds. The van der Waals surface area contributed by atoms with Crippen molar-refractivity contribution in [1.29, 1.82) is 5.26 Å². The van der Waals surface area contributed by atoms with Crippen LogP contribution in [-0.2, 0) is 0 Å². The van der Waals surface area contributed by atoms with Gasteiger partial charge in [-0.2, -0.15) is 5.26 Å². The second kappa shape index (κ2) is 5.16. The molecule has 0 aliphatic carbocycles. The number of nitrogens with zero attached hydrogens (tertiary/aromatic N) is 3. The van der Waals surface area contributed by atoms with Crippen LogP contribution in [0.15, 0.2) is 30.3 Å². The predicted molar refractivity (Wildman–Crippen MR) is 71.3 cm³/mol. The zero-order valence-corrected chi connectivity index (χ0v) is 10.9. The first-order valence-electron chi connectivity index (χ1n) is 5.65. The highest BCUT2D eigenvalue weighted by atomic mass is 35.5. The Morgan fingerprint density at radius 1 is 1.22 bits per heavy atom. The Morgan fingerprint density at radius 2 is 2.00 bits per heavy atom. The quantitative estimate of drug-likeness (QED) is 0.769. The van der Waals surface area contributed by atoms with E-state index in [-0.39, 0.29) is 5.92 Å². The van der Waals surface area contributed by atoms with Crippen LogP contribution in [0.4, 0.5) is 0 Å². The van der Waals surface area contributed by atoms with Crippen molar-refractivity contribution in [3.8, 4) is 17.3 Å². The van der Waals surface area contributed by atoms with E-state index in [4.69, 9.17) is 16.9 Å². The third-order valence-corrected chi connectivity index (χ3v) is 2.71. The first kappa shape index (κ1) is 12.5. The Bertz CT molecular complexity index is 615. The zero-order valence-electron chi connectivity index (χ0n) is 10.2. The Kier molecular flexibility index (Phi) is 3.59. The molecule has 2 rings (SSSR count). The predicted octanol–water partition coefficient (Wildman–Crippen LogP) is 3.79. The summed E-state index contributed by atoms with van der Waals surface area (Å²) in [6.07, 6.45) is 0. The van der Waals surface area contributed by atoms with Gasteiger partial charge in [0.05, 0.1) is 17.3 Å². The minimum absolute atomic E-state index is 0.210. The molecule has 0 atom stereocenters. The summed E-state index contributed by atoms with van der Waals surface area (Å²) < 4.78 is 0. The Labute approximate surface area is 111 Å². The molecule has 0 bridgehead atoms. The van der Waals surface area contributed by atoms with Crippen LogP contribution in [0.3, 0.4) is 0 Å². The number of rotatable bonds is 2. The molecule has 1 heterocycles. The lowest BCUT2D eigenvalue weighted by Crippen LogP contribution is -1.99. The largest absolute Gasteiger partial charge is 0.233 e. The normalized spacial score (nSPS) is 10.4. The molecular formula is C14H12ClN3. The van der Waals surface area contributed by atoms with E-state index in [0.29, 0.717) is 16.5 Å². The molecule has 0 saturated heterocycles. The van der Waals surface area contributed by atoms with E-state index in [2.05, 4.69) is 16.0 Å². The molecule has 0 aliphatic heterocycles. The Balaban J connectivity index is 2.53. The number of hydrogen-bond acceptors (Lipinski definition) is 3. The minimum atomic E-state index is 0.210.